The summed E-state index contributed by atoms with van der Waals surface area (Å²) < 4.78 is 18.9. The summed E-state index contributed by atoms with van der Waals surface area (Å²) in [6.07, 6.45) is 0.973. The van der Waals surface area contributed by atoms with E-state index in [1.807, 2.05) is 16.7 Å². The third-order valence-electron chi connectivity index (χ3n) is 6.35. The van der Waals surface area contributed by atoms with E-state index in [2.05, 4.69) is 20.2 Å². The first kappa shape index (κ1) is 24.2. The van der Waals surface area contributed by atoms with Crippen molar-refractivity contribution in [3.8, 4) is 11.5 Å². The Labute approximate surface area is 208 Å². The highest BCUT2D eigenvalue weighted by Gasteiger charge is 2.22. The lowest BCUT2D eigenvalue weighted by Gasteiger charge is -2.28. The lowest BCUT2D eigenvalue weighted by atomic mass is 10.2. The van der Waals surface area contributed by atoms with Gasteiger partial charge in [-0.05, 0) is 31.2 Å². The molecule has 0 unspecified atom stereocenters. The molecule has 2 aliphatic rings. The molecule has 1 aromatic carbocycles. The maximum Gasteiger partial charge on any atom is 0.282 e. The largest absolute Gasteiger partial charge is 0.491 e. The first-order chi connectivity index (χ1) is 17.5. The van der Waals surface area contributed by atoms with Crippen LogP contribution in [0.2, 0.25) is 0 Å². The number of aromatic nitrogens is 3. The minimum Gasteiger partial charge on any atom is -0.491 e. The molecule has 0 spiro atoms. The van der Waals surface area contributed by atoms with E-state index in [0.717, 1.165) is 24.3 Å². The third kappa shape index (κ3) is 4.90. The molecule has 0 radical (unpaired) electrons. The van der Waals surface area contributed by atoms with Gasteiger partial charge in [-0.3, -0.25) is 19.2 Å². The van der Waals surface area contributed by atoms with Gasteiger partial charge in [0.15, 0.2) is 11.5 Å². The van der Waals surface area contributed by atoms with Gasteiger partial charge in [0.05, 0.1) is 31.6 Å². The van der Waals surface area contributed by atoms with Gasteiger partial charge < -0.3 is 24.6 Å². The Hall–Kier alpha value is -3.54. The Morgan fingerprint density at radius 1 is 1.28 bits per heavy atom. The summed E-state index contributed by atoms with van der Waals surface area (Å²) in [7, 11) is 1.54. The third-order valence-corrected chi connectivity index (χ3v) is 6.35. The van der Waals surface area contributed by atoms with Crippen LogP contribution in [0.5, 0.6) is 11.5 Å². The van der Waals surface area contributed by atoms with Crippen LogP contribution < -0.4 is 20.4 Å². The number of pyridine rings is 1. The number of fused-ring (bicyclic) bond motifs is 3. The van der Waals surface area contributed by atoms with E-state index in [9.17, 15) is 9.90 Å². The van der Waals surface area contributed by atoms with Crippen LogP contribution in [0.4, 0.5) is 5.82 Å². The van der Waals surface area contributed by atoms with Crippen LogP contribution in [0, 0.1) is 6.92 Å². The molecule has 190 valence electrons. The Bertz CT molecular complexity index is 1330. The van der Waals surface area contributed by atoms with E-state index in [1.165, 1.54) is 0 Å². The standard InChI is InChI=1S/C25H30N6O5/c1-16-18(4-3-7-26-16)24(33)29-25-28-21-19(23-27-8-9-31(23)25)5-6-20(22(21)34-2)36-15-17(32)14-30-10-12-35-13-11-30/h3-7,17,27,32H,8-15H2,1-2H3/t17-/m0/s1. The zero-order valence-corrected chi connectivity index (χ0v) is 20.4. The molecule has 1 saturated heterocycles. The molecule has 0 saturated carbocycles. The molecule has 11 nitrogen and oxygen atoms in total. The number of nitrogens with zero attached hydrogens (tertiary/aromatic N) is 5. The molecule has 11 heteroatoms. The molecule has 1 fully saturated rings. The predicted octanol–water partition coefficient (Wildman–Crippen LogP) is 0.987. The monoisotopic (exact) mass is 494 g/mol. The number of methoxy groups -OCH3 is 1. The average molecular weight is 495 g/mol. The van der Waals surface area contributed by atoms with E-state index in [4.69, 9.17) is 19.2 Å². The molecule has 2 N–H and O–H groups in total. The van der Waals surface area contributed by atoms with Gasteiger partial charge in [-0.1, -0.05) is 0 Å². The quantitative estimate of drug-likeness (QED) is 0.495. The Kier molecular flexibility index (Phi) is 7.12. The highest BCUT2D eigenvalue weighted by Crippen LogP contribution is 2.37. The second kappa shape index (κ2) is 10.6. The molecule has 1 atom stereocenters. The predicted molar refractivity (Wildman–Crippen MR) is 132 cm³/mol. The van der Waals surface area contributed by atoms with Gasteiger partial charge in [0.1, 0.15) is 24.0 Å². The van der Waals surface area contributed by atoms with Gasteiger partial charge >= 0.3 is 0 Å². The van der Waals surface area contributed by atoms with Gasteiger partial charge in [0, 0.05) is 44.3 Å². The minimum atomic E-state index is -0.667. The number of aryl methyl sites for hydroxylation is 1. The van der Waals surface area contributed by atoms with Crippen molar-refractivity contribution in [3.63, 3.8) is 0 Å². The summed E-state index contributed by atoms with van der Waals surface area (Å²) in [5.74, 6) is 1.28. The van der Waals surface area contributed by atoms with Crippen LogP contribution in [-0.4, -0.2) is 89.7 Å². The van der Waals surface area contributed by atoms with Crippen molar-refractivity contribution in [1.82, 2.24) is 19.4 Å². The van der Waals surface area contributed by atoms with Crippen LogP contribution >= 0.6 is 0 Å². The molecule has 3 aromatic rings. The van der Waals surface area contributed by atoms with Crippen molar-refractivity contribution in [2.24, 2.45) is 4.99 Å². The summed E-state index contributed by atoms with van der Waals surface area (Å²) in [5.41, 5.74) is 1.83. The number of hydrogen-bond donors (Lipinski definition) is 2. The van der Waals surface area contributed by atoms with Crippen molar-refractivity contribution < 1.29 is 24.1 Å². The lowest BCUT2D eigenvalue weighted by molar-refractivity contribution is 0.00447. The first-order valence-electron chi connectivity index (χ1n) is 12.0. The van der Waals surface area contributed by atoms with E-state index in [1.54, 1.807) is 32.4 Å². The fourth-order valence-corrected chi connectivity index (χ4v) is 4.53. The average Bonchev–Trinajstić information content (AvgIpc) is 3.38. The summed E-state index contributed by atoms with van der Waals surface area (Å²) in [6.45, 7) is 6.63. The maximum atomic E-state index is 13.0. The van der Waals surface area contributed by atoms with Gasteiger partial charge in [0.2, 0.25) is 5.62 Å². The fraction of sp³-hybridized carbons (Fsp3) is 0.440. The highest BCUT2D eigenvalue weighted by molar-refractivity contribution is 5.97. The number of anilines is 1. The van der Waals surface area contributed by atoms with E-state index >= 15 is 0 Å². The topological polar surface area (TPSA) is 123 Å². The van der Waals surface area contributed by atoms with Gasteiger partial charge in [0.25, 0.3) is 5.91 Å². The normalized spacial score (nSPS) is 17.0. The molecular formula is C25H30N6O5. The number of amides is 1. The van der Waals surface area contributed by atoms with E-state index < -0.39 is 12.0 Å². The number of carbonyl (C=O) groups excluding carboxylic acids is 1. The number of rotatable bonds is 7. The Balaban J connectivity index is 1.47. The molecule has 36 heavy (non-hydrogen) atoms. The van der Waals surface area contributed by atoms with E-state index in [0.29, 0.717) is 61.1 Å². The summed E-state index contributed by atoms with van der Waals surface area (Å²) in [5, 5.41) is 14.7. The number of aliphatic hydroxyl groups excluding tert-OH is 1. The number of benzene rings is 1. The second-order valence-electron chi connectivity index (χ2n) is 8.76. The molecule has 2 aliphatic heterocycles. The number of hydrogen-bond acceptors (Lipinski definition) is 9. The first-order valence-corrected chi connectivity index (χ1v) is 12.0. The van der Waals surface area contributed by atoms with Crippen molar-refractivity contribution in [2.45, 2.75) is 19.6 Å². The second-order valence-corrected chi connectivity index (χ2v) is 8.76. The lowest BCUT2D eigenvalue weighted by Crippen LogP contribution is -2.42. The number of β-amino-alcohol motifs (C(OH)–C–C–N with tert-alkyl or cyclic N) is 1. The molecular weight excluding hydrogens is 464 g/mol. The number of carbonyl (C=O) groups is 1. The fourth-order valence-electron chi connectivity index (χ4n) is 4.53. The smallest absolute Gasteiger partial charge is 0.282 e. The van der Waals surface area contributed by atoms with Crippen LogP contribution in [0.15, 0.2) is 35.5 Å². The molecule has 0 aliphatic carbocycles. The van der Waals surface area contributed by atoms with Crippen molar-refractivity contribution in [2.75, 3.05) is 58.4 Å². The Morgan fingerprint density at radius 3 is 2.89 bits per heavy atom. The van der Waals surface area contributed by atoms with E-state index in [-0.39, 0.29) is 12.2 Å². The van der Waals surface area contributed by atoms with Gasteiger partial charge in [-0.15, -0.1) is 0 Å². The highest BCUT2D eigenvalue weighted by atomic mass is 16.5. The SMILES string of the molecule is COc1c(OC[C@@H](O)CN2CCOCC2)ccc2c3n(c(=NC(=O)c4cccnc4C)nc12)CCN3. The number of ether oxygens (including phenoxy) is 3. The summed E-state index contributed by atoms with van der Waals surface area (Å²) in [4.78, 5) is 28.4. The number of aliphatic hydroxyl groups is 1. The van der Waals surface area contributed by atoms with Crippen LogP contribution in [0.25, 0.3) is 10.9 Å². The molecule has 4 heterocycles. The number of nitrogens with one attached hydrogen (secondary N) is 1. The number of morpholine rings is 1. The van der Waals surface area contributed by atoms with Gasteiger partial charge in [-0.25, -0.2) is 4.98 Å². The van der Waals surface area contributed by atoms with Crippen molar-refractivity contribution in [3.05, 3.63) is 47.3 Å². The molecule has 0 bridgehead atoms. The zero-order chi connectivity index (χ0) is 25.1. The molecule has 1 amide bonds. The molecule has 2 aromatic heterocycles. The van der Waals surface area contributed by atoms with Crippen LogP contribution in [-0.2, 0) is 11.3 Å². The molecule has 5 rings (SSSR count). The summed E-state index contributed by atoms with van der Waals surface area (Å²) in [6, 6.07) is 7.12. The van der Waals surface area contributed by atoms with Crippen molar-refractivity contribution >= 4 is 22.6 Å². The van der Waals surface area contributed by atoms with Crippen molar-refractivity contribution in [1.29, 1.82) is 0 Å². The minimum absolute atomic E-state index is 0.104. The van der Waals surface area contributed by atoms with Gasteiger partial charge in [-0.2, -0.15) is 4.99 Å². The zero-order valence-electron chi connectivity index (χ0n) is 20.4. The summed E-state index contributed by atoms with van der Waals surface area (Å²) >= 11 is 0. The maximum absolute atomic E-state index is 13.0. The van der Waals surface area contributed by atoms with Crippen LogP contribution in [0.3, 0.4) is 0 Å². The van der Waals surface area contributed by atoms with Crippen LogP contribution in [0.1, 0.15) is 16.1 Å². The Morgan fingerprint density at radius 2 is 2.11 bits per heavy atom.